The lowest BCUT2D eigenvalue weighted by atomic mass is 9.87. The van der Waals surface area contributed by atoms with Crippen LogP contribution in [0.5, 0.6) is 0 Å². The lowest BCUT2D eigenvalue weighted by Crippen LogP contribution is -2.55. The van der Waals surface area contributed by atoms with Crippen molar-refractivity contribution in [3.05, 3.63) is 35.9 Å². The first-order valence-electron chi connectivity index (χ1n) is 11.3. The topological polar surface area (TPSA) is 61.9 Å². The fourth-order valence-electron chi connectivity index (χ4n) is 4.77. The van der Waals surface area contributed by atoms with Gasteiger partial charge in [-0.1, -0.05) is 43.2 Å². The number of likely N-dealkylation sites (N-methyl/N-ethyl adjacent to an activating group) is 1. The third-order valence-corrected chi connectivity index (χ3v) is 6.19. The monoisotopic (exact) mass is 415 g/mol. The van der Waals surface area contributed by atoms with Crippen molar-refractivity contribution in [2.45, 2.75) is 83.0 Å². The second-order valence-corrected chi connectivity index (χ2v) is 9.60. The van der Waals surface area contributed by atoms with Gasteiger partial charge in [0, 0.05) is 19.1 Å². The van der Waals surface area contributed by atoms with Crippen LogP contribution in [0.3, 0.4) is 0 Å². The Morgan fingerprint density at radius 3 is 2.33 bits per heavy atom. The molecule has 1 saturated heterocycles. The summed E-state index contributed by atoms with van der Waals surface area (Å²) in [6, 6.07) is 9.28. The molecule has 1 aromatic rings. The third-order valence-electron chi connectivity index (χ3n) is 6.19. The third kappa shape index (κ3) is 5.75. The number of nitrogens with one attached hydrogen (secondary N) is 1. The van der Waals surface area contributed by atoms with E-state index in [4.69, 9.17) is 4.74 Å². The number of benzene rings is 1. The van der Waals surface area contributed by atoms with Crippen LogP contribution in [-0.4, -0.2) is 59.6 Å². The SMILES string of the molecule is CN(C(=O)[C@H](NC(=O)OC(C)(C)C)c1ccccc1)[C@H]1CCCC[C@@H]1N1CCCC1. The van der Waals surface area contributed by atoms with Gasteiger partial charge in [0.05, 0.1) is 0 Å². The molecular formula is C24H37N3O3. The molecule has 2 amide bonds. The Morgan fingerprint density at radius 2 is 1.70 bits per heavy atom. The molecule has 1 saturated carbocycles. The summed E-state index contributed by atoms with van der Waals surface area (Å²) >= 11 is 0. The molecule has 3 atom stereocenters. The quantitative estimate of drug-likeness (QED) is 0.786. The number of rotatable bonds is 5. The van der Waals surface area contributed by atoms with Crippen LogP contribution in [0.15, 0.2) is 30.3 Å². The molecule has 1 aromatic carbocycles. The van der Waals surface area contributed by atoms with Crippen molar-refractivity contribution in [3.8, 4) is 0 Å². The Labute approximate surface area is 180 Å². The van der Waals surface area contributed by atoms with E-state index in [9.17, 15) is 9.59 Å². The summed E-state index contributed by atoms with van der Waals surface area (Å²) in [4.78, 5) is 30.6. The zero-order chi connectivity index (χ0) is 21.7. The van der Waals surface area contributed by atoms with E-state index in [2.05, 4.69) is 10.2 Å². The summed E-state index contributed by atoms with van der Waals surface area (Å²) in [7, 11) is 1.90. The van der Waals surface area contributed by atoms with E-state index in [1.165, 1.54) is 19.3 Å². The Kier molecular flexibility index (Phi) is 7.40. The Morgan fingerprint density at radius 1 is 1.07 bits per heavy atom. The van der Waals surface area contributed by atoms with E-state index >= 15 is 0 Å². The lowest BCUT2D eigenvalue weighted by Gasteiger charge is -2.43. The molecule has 0 spiro atoms. The minimum Gasteiger partial charge on any atom is -0.444 e. The second kappa shape index (κ2) is 9.82. The van der Waals surface area contributed by atoms with Gasteiger partial charge in [-0.05, 0) is 65.1 Å². The molecule has 6 heteroatoms. The number of amides is 2. The molecule has 0 aromatic heterocycles. The van der Waals surface area contributed by atoms with Gasteiger partial charge in [0.15, 0.2) is 0 Å². The summed E-state index contributed by atoms with van der Waals surface area (Å²) < 4.78 is 5.44. The van der Waals surface area contributed by atoms with Crippen LogP contribution in [-0.2, 0) is 9.53 Å². The average Bonchev–Trinajstić information content (AvgIpc) is 3.25. The molecule has 0 bridgehead atoms. The highest BCUT2D eigenvalue weighted by Gasteiger charge is 2.38. The van der Waals surface area contributed by atoms with Crippen molar-refractivity contribution in [2.75, 3.05) is 20.1 Å². The summed E-state index contributed by atoms with van der Waals surface area (Å²) in [6.07, 6.45) is 6.43. The van der Waals surface area contributed by atoms with E-state index in [0.29, 0.717) is 6.04 Å². The van der Waals surface area contributed by atoms with Gasteiger partial charge in [0.2, 0.25) is 5.91 Å². The molecule has 2 aliphatic rings. The number of carbonyl (C=O) groups excluding carboxylic acids is 2. The smallest absolute Gasteiger partial charge is 0.408 e. The first kappa shape index (κ1) is 22.6. The molecule has 0 radical (unpaired) electrons. The maximum absolute atomic E-state index is 13.6. The predicted molar refractivity (Wildman–Crippen MR) is 118 cm³/mol. The van der Waals surface area contributed by atoms with Gasteiger partial charge in [-0.25, -0.2) is 4.79 Å². The zero-order valence-electron chi connectivity index (χ0n) is 18.9. The van der Waals surface area contributed by atoms with Crippen LogP contribution in [0.2, 0.25) is 0 Å². The van der Waals surface area contributed by atoms with Gasteiger partial charge in [0.1, 0.15) is 11.6 Å². The Hall–Kier alpha value is -2.08. The van der Waals surface area contributed by atoms with Gasteiger partial charge in [-0.3, -0.25) is 9.69 Å². The van der Waals surface area contributed by atoms with E-state index in [0.717, 1.165) is 37.9 Å². The number of alkyl carbamates (subject to hydrolysis) is 1. The van der Waals surface area contributed by atoms with Gasteiger partial charge in [0.25, 0.3) is 0 Å². The maximum Gasteiger partial charge on any atom is 0.408 e. The normalized spacial score (nSPS) is 23.6. The zero-order valence-corrected chi connectivity index (χ0v) is 18.9. The summed E-state index contributed by atoms with van der Waals surface area (Å²) in [6.45, 7) is 7.71. The molecule has 1 aliphatic heterocycles. The molecular weight excluding hydrogens is 378 g/mol. The van der Waals surface area contributed by atoms with Crippen LogP contribution in [0, 0.1) is 0 Å². The van der Waals surface area contributed by atoms with Crippen LogP contribution >= 0.6 is 0 Å². The predicted octanol–water partition coefficient (Wildman–Crippen LogP) is 4.12. The van der Waals surface area contributed by atoms with Crippen LogP contribution in [0.1, 0.15) is 70.9 Å². The second-order valence-electron chi connectivity index (χ2n) is 9.60. The number of carbonyl (C=O) groups is 2. The summed E-state index contributed by atoms with van der Waals surface area (Å²) in [5.74, 6) is -0.0804. The first-order chi connectivity index (χ1) is 14.3. The first-order valence-corrected chi connectivity index (χ1v) is 11.3. The van der Waals surface area contributed by atoms with E-state index in [-0.39, 0.29) is 11.9 Å². The maximum atomic E-state index is 13.6. The fourth-order valence-corrected chi connectivity index (χ4v) is 4.77. The Balaban J connectivity index is 1.79. The molecule has 1 aliphatic carbocycles. The highest BCUT2D eigenvalue weighted by atomic mass is 16.6. The van der Waals surface area contributed by atoms with Gasteiger partial charge in [-0.2, -0.15) is 0 Å². The number of hydrogen-bond acceptors (Lipinski definition) is 4. The van der Waals surface area contributed by atoms with Gasteiger partial charge < -0.3 is 15.0 Å². The number of nitrogens with zero attached hydrogens (tertiary/aromatic N) is 2. The minimum atomic E-state index is -0.757. The molecule has 3 rings (SSSR count). The summed E-state index contributed by atoms with van der Waals surface area (Å²) in [5.41, 5.74) is 0.151. The molecule has 166 valence electrons. The summed E-state index contributed by atoms with van der Waals surface area (Å²) in [5, 5.41) is 2.83. The van der Waals surface area contributed by atoms with Crippen molar-refractivity contribution in [1.29, 1.82) is 0 Å². The molecule has 0 unspecified atom stereocenters. The number of hydrogen-bond donors (Lipinski definition) is 1. The van der Waals surface area contributed by atoms with Crippen LogP contribution < -0.4 is 5.32 Å². The van der Waals surface area contributed by atoms with Crippen molar-refractivity contribution in [2.24, 2.45) is 0 Å². The lowest BCUT2D eigenvalue weighted by molar-refractivity contribution is -0.136. The van der Waals surface area contributed by atoms with E-state index in [1.54, 1.807) is 0 Å². The molecule has 30 heavy (non-hydrogen) atoms. The number of ether oxygens (including phenoxy) is 1. The van der Waals surface area contributed by atoms with Gasteiger partial charge >= 0.3 is 6.09 Å². The van der Waals surface area contributed by atoms with Crippen molar-refractivity contribution in [1.82, 2.24) is 15.1 Å². The largest absolute Gasteiger partial charge is 0.444 e. The van der Waals surface area contributed by atoms with Crippen LogP contribution in [0.25, 0.3) is 0 Å². The molecule has 6 nitrogen and oxygen atoms in total. The fraction of sp³-hybridized carbons (Fsp3) is 0.667. The minimum absolute atomic E-state index is 0.0804. The number of likely N-dealkylation sites (tertiary alicyclic amines) is 1. The van der Waals surface area contributed by atoms with Crippen LogP contribution in [0.4, 0.5) is 4.79 Å². The van der Waals surface area contributed by atoms with Gasteiger partial charge in [-0.15, -0.1) is 0 Å². The molecule has 1 N–H and O–H groups in total. The highest BCUT2D eigenvalue weighted by molar-refractivity contribution is 5.87. The molecule has 1 heterocycles. The standard InChI is InChI=1S/C24H37N3O3/c1-24(2,3)30-23(29)25-21(18-12-6-5-7-13-18)22(28)26(4)19-14-8-9-15-20(19)27-16-10-11-17-27/h5-7,12-13,19-21H,8-11,14-17H2,1-4H3,(H,25,29)/t19-,20-,21+/m0/s1. The van der Waals surface area contributed by atoms with Crippen molar-refractivity contribution < 1.29 is 14.3 Å². The average molecular weight is 416 g/mol. The van der Waals surface area contributed by atoms with E-state index in [1.807, 2.05) is 63.1 Å². The Bertz CT molecular complexity index is 710. The van der Waals surface area contributed by atoms with E-state index < -0.39 is 17.7 Å². The highest BCUT2D eigenvalue weighted by Crippen LogP contribution is 2.30. The molecule has 2 fully saturated rings. The van der Waals surface area contributed by atoms with Crippen molar-refractivity contribution in [3.63, 3.8) is 0 Å². The van der Waals surface area contributed by atoms with Crippen molar-refractivity contribution >= 4 is 12.0 Å².